The number of benzene rings is 2. The molecule has 3 aromatic rings. The van der Waals surface area contributed by atoms with Crippen molar-refractivity contribution in [3.63, 3.8) is 0 Å². The predicted molar refractivity (Wildman–Crippen MR) is 110 cm³/mol. The average molecular weight is 381 g/mol. The highest BCUT2D eigenvalue weighted by atomic mass is 16.1. The minimum atomic E-state index is -0.444. The van der Waals surface area contributed by atoms with E-state index >= 15 is 0 Å². The number of nitriles is 2. The molecule has 0 bridgehead atoms. The van der Waals surface area contributed by atoms with Crippen LogP contribution in [-0.2, 0) is 17.9 Å². The molecule has 3 rings (SSSR count). The van der Waals surface area contributed by atoms with Gasteiger partial charge in [-0.1, -0.05) is 60.7 Å². The number of hydrogen-bond acceptors (Lipinski definition) is 4. The smallest absolute Gasteiger partial charge is 0.262 e. The third-order valence-electron chi connectivity index (χ3n) is 4.25. The summed E-state index contributed by atoms with van der Waals surface area (Å²) in [4.78, 5) is 12.5. The zero-order valence-corrected chi connectivity index (χ0v) is 15.7. The zero-order chi connectivity index (χ0) is 20.5. The number of carbonyl (C=O) groups is 1. The van der Waals surface area contributed by atoms with E-state index in [2.05, 4.69) is 16.5 Å². The summed E-state index contributed by atoms with van der Waals surface area (Å²) in [5, 5.41) is 25.7. The molecule has 1 heterocycles. The van der Waals surface area contributed by atoms with Crippen LogP contribution in [0.5, 0.6) is 0 Å². The van der Waals surface area contributed by atoms with Crippen molar-refractivity contribution in [1.29, 1.82) is 10.5 Å². The highest BCUT2D eigenvalue weighted by Gasteiger charge is 2.14. The van der Waals surface area contributed by atoms with E-state index in [1.165, 1.54) is 0 Å². The van der Waals surface area contributed by atoms with Crippen LogP contribution >= 0.6 is 0 Å². The van der Waals surface area contributed by atoms with Gasteiger partial charge < -0.3 is 5.32 Å². The molecule has 6 nitrogen and oxygen atoms in total. The van der Waals surface area contributed by atoms with Gasteiger partial charge in [0.05, 0.1) is 24.7 Å². The van der Waals surface area contributed by atoms with Crippen molar-refractivity contribution >= 4 is 12.0 Å². The van der Waals surface area contributed by atoms with E-state index in [0.29, 0.717) is 30.8 Å². The molecule has 0 radical (unpaired) electrons. The fraction of sp³-hybridized carbons (Fsp3) is 0.130. The predicted octanol–water partition coefficient (Wildman–Crippen LogP) is 3.69. The van der Waals surface area contributed by atoms with Crippen molar-refractivity contribution in [3.05, 3.63) is 83.6 Å². The van der Waals surface area contributed by atoms with Crippen molar-refractivity contribution in [2.45, 2.75) is 19.5 Å². The topological polar surface area (TPSA) is 94.5 Å². The van der Waals surface area contributed by atoms with Gasteiger partial charge in [-0.2, -0.15) is 15.6 Å². The van der Waals surface area contributed by atoms with E-state index < -0.39 is 5.91 Å². The van der Waals surface area contributed by atoms with Crippen LogP contribution in [-0.4, -0.2) is 15.7 Å². The Balaban J connectivity index is 1.87. The van der Waals surface area contributed by atoms with Gasteiger partial charge in [0.1, 0.15) is 11.6 Å². The van der Waals surface area contributed by atoms with Gasteiger partial charge in [-0.3, -0.25) is 9.48 Å². The van der Waals surface area contributed by atoms with Crippen LogP contribution in [0.3, 0.4) is 0 Å². The maximum absolute atomic E-state index is 12.5. The maximum Gasteiger partial charge on any atom is 0.262 e. The van der Waals surface area contributed by atoms with Gasteiger partial charge in [0, 0.05) is 23.9 Å². The van der Waals surface area contributed by atoms with Gasteiger partial charge in [-0.05, 0) is 11.6 Å². The molecule has 0 saturated heterocycles. The second kappa shape index (κ2) is 9.68. The van der Waals surface area contributed by atoms with E-state index in [1.54, 1.807) is 17.0 Å². The molecule has 0 atom stereocenters. The summed E-state index contributed by atoms with van der Waals surface area (Å²) in [6.45, 7) is 0.776. The SMILES string of the molecule is N#CCCn1cc(/C=C(\C#N)C(=O)NCc2ccccc2)c(-c2ccccc2)n1. The average Bonchev–Trinajstić information content (AvgIpc) is 3.18. The fourth-order valence-corrected chi connectivity index (χ4v) is 2.82. The first-order valence-electron chi connectivity index (χ1n) is 9.15. The standard InChI is InChI=1S/C23H19N5O/c24-12-7-13-28-17-21(22(27-28)19-10-5-2-6-11-19)14-20(15-25)23(29)26-16-18-8-3-1-4-9-18/h1-6,8-11,14,17H,7,13,16H2,(H,26,29)/b20-14+. The van der Waals surface area contributed by atoms with E-state index in [4.69, 9.17) is 5.26 Å². The van der Waals surface area contributed by atoms with Crippen molar-refractivity contribution in [2.24, 2.45) is 0 Å². The molecular weight excluding hydrogens is 362 g/mol. The normalized spacial score (nSPS) is 10.8. The molecule has 0 aliphatic carbocycles. The van der Waals surface area contributed by atoms with Crippen molar-refractivity contribution < 1.29 is 4.79 Å². The molecule has 142 valence electrons. The first kappa shape index (κ1) is 19.6. The quantitative estimate of drug-likeness (QED) is 0.499. The van der Waals surface area contributed by atoms with Crippen LogP contribution in [0.15, 0.2) is 72.4 Å². The Morgan fingerprint density at radius 1 is 1.07 bits per heavy atom. The molecule has 0 spiro atoms. The van der Waals surface area contributed by atoms with Crippen LogP contribution in [0, 0.1) is 22.7 Å². The number of carbonyl (C=O) groups excluding carboxylic acids is 1. The molecule has 0 aliphatic rings. The minimum absolute atomic E-state index is 0.00190. The molecule has 0 unspecified atom stereocenters. The molecular formula is C23H19N5O. The molecule has 6 heteroatoms. The second-order valence-electron chi connectivity index (χ2n) is 6.31. The lowest BCUT2D eigenvalue weighted by Gasteiger charge is -2.04. The van der Waals surface area contributed by atoms with E-state index in [0.717, 1.165) is 11.1 Å². The summed E-state index contributed by atoms with van der Waals surface area (Å²) in [6.07, 6.45) is 3.61. The Hall–Kier alpha value is -4.16. The summed E-state index contributed by atoms with van der Waals surface area (Å²) in [5.41, 5.74) is 3.13. The third-order valence-corrected chi connectivity index (χ3v) is 4.25. The Bertz CT molecular complexity index is 1090. The summed E-state index contributed by atoms with van der Waals surface area (Å²) >= 11 is 0. The molecule has 0 saturated carbocycles. The Kier molecular flexibility index (Phi) is 6.54. The summed E-state index contributed by atoms with van der Waals surface area (Å²) in [7, 11) is 0. The first-order chi connectivity index (χ1) is 14.2. The fourth-order valence-electron chi connectivity index (χ4n) is 2.82. The molecule has 1 amide bonds. The highest BCUT2D eigenvalue weighted by Crippen LogP contribution is 2.24. The monoisotopic (exact) mass is 381 g/mol. The van der Waals surface area contributed by atoms with Gasteiger partial charge in [0.15, 0.2) is 0 Å². The summed E-state index contributed by atoms with van der Waals surface area (Å²) < 4.78 is 1.66. The number of aromatic nitrogens is 2. The highest BCUT2D eigenvalue weighted by molar-refractivity contribution is 6.02. The number of hydrogen-bond donors (Lipinski definition) is 1. The largest absolute Gasteiger partial charge is 0.347 e. The number of nitrogens with zero attached hydrogens (tertiary/aromatic N) is 4. The molecule has 1 aromatic heterocycles. The molecule has 0 fully saturated rings. The lowest BCUT2D eigenvalue weighted by atomic mass is 10.1. The first-order valence-corrected chi connectivity index (χ1v) is 9.15. The molecule has 2 aromatic carbocycles. The summed E-state index contributed by atoms with van der Waals surface area (Å²) in [5.74, 6) is -0.444. The lowest BCUT2D eigenvalue weighted by molar-refractivity contribution is -0.117. The Morgan fingerprint density at radius 3 is 2.41 bits per heavy atom. The van der Waals surface area contributed by atoms with Crippen LogP contribution in [0.1, 0.15) is 17.5 Å². The minimum Gasteiger partial charge on any atom is -0.347 e. The molecule has 0 aliphatic heterocycles. The second-order valence-corrected chi connectivity index (χ2v) is 6.31. The van der Waals surface area contributed by atoms with E-state index in [-0.39, 0.29) is 5.57 Å². The van der Waals surface area contributed by atoms with Gasteiger partial charge in [0.25, 0.3) is 5.91 Å². The van der Waals surface area contributed by atoms with E-state index in [1.807, 2.05) is 66.7 Å². The van der Waals surface area contributed by atoms with Gasteiger partial charge in [-0.15, -0.1) is 0 Å². The van der Waals surface area contributed by atoms with Crippen molar-refractivity contribution in [3.8, 4) is 23.4 Å². The van der Waals surface area contributed by atoms with Crippen LogP contribution in [0.2, 0.25) is 0 Å². The van der Waals surface area contributed by atoms with Crippen molar-refractivity contribution in [1.82, 2.24) is 15.1 Å². The number of nitrogens with one attached hydrogen (secondary N) is 1. The Morgan fingerprint density at radius 2 is 1.76 bits per heavy atom. The lowest BCUT2D eigenvalue weighted by Crippen LogP contribution is -2.23. The molecule has 29 heavy (non-hydrogen) atoms. The maximum atomic E-state index is 12.5. The molecule has 1 N–H and O–H groups in total. The summed E-state index contributed by atoms with van der Waals surface area (Å²) in [6, 6.07) is 23.1. The van der Waals surface area contributed by atoms with Crippen molar-refractivity contribution in [2.75, 3.05) is 0 Å². The number of rotatable bonds is 7. The number of aryl methyl sites for hydroxylation is 1. The van der Waals surface area contributed by atoms with Crippen LogP contribution in [0.25, 0.3) is 17.3 Å². The van der Waals surface area contributed by atoms with Gasteiger partial charge in [0.2, 0.25) is 0 Å². The van der Waals surface area contributed by atoms with E-state index in [9.17, 15) is 10.1 Å². The number of amides is 1. The zero-order valence-electron chi connectivity index (χ0n) is 15.7. The van der Waals surface area contributed by atoms with Gasteiger partial charge >= 0.3 is 0 Å². The van der Waals surface area contributed by atoms with Crippen LogP contribution in [0.4, 0.5) is 0 Å². The van der Waals surface area contributed by atoms with Gasteiger partial charge in [-0.25, -0.2) is 0 Å². The Labute approximate surface area is 169 Å². The third kappa shape index (κ3) is 5.18. The van der Waals surface area contributed by atoms with Crippen LogP contribution < -0.4 is 5.32 Å².